The van der Waals surface area contributed by atoms with Crippen molar-refractivity contribution in [1.82, 2.24) is 4.90 Å². The summed E-state index contributed by atoms with van der Waals surface area (Å²) in [6.45, 7) is 13.8. The van der Waals surface area contributed by atoms with Crippen LogP contribution in [0.15, 0.2) is 48.5 Å². The van der Waals surface area contributed by atoms with Gasteiger partial charge in [0.25, 0.3) is 0 Å². The average molecular weight is 426 g/mol. The van der Waals surface area contributed by atoms with Gasteiger partial charge in [-0.25, -0.2) is 0 Å². The molecule has 0 bridgehead atoms. The van der Waals surface area contributed by atoms with E-state index in [0.29, 0.717) is 24.3 Å². The lowest BCUT2D eigenvalue weighted by Gasteiger charge is -2.32. The zero-order chi connectivity index (χ0) is 23.0. The Morgan fingerprint density at radius 3 is 2.16 bits per heavy atom. The summed E-state index contributed by atoms with van der Waals surface area (Å²) in [5, 5.41) is 9.75. The number of esters is 1. The molecule has 1 atom stereocenters. The predicted octanol–water partition coefficient (Wildman–Crippen LogP) is 5.77. The molecule has 1 N–H and O–H groups in total. The highest BCUT2D eigenvalue weighted by molar-refractivity contribution is 5.73. The molecule has 2 rings (SSSR count). The van der Waals surface area contributed by atoms with Crippen LogP contribution in [0.5, 0.6) is 5.75 Å². The summed E-state index contributed by atoms with van der Waals surface area (Å²) >= 11 is 0. The molecular weight excluding hydrogens is 386 g/mol. The van der Waals surface area contributed by atoms with Crippen LogP contribution in [-0.4, -0.2) is 34.6 Å². The summed E-state index contributed by atoms with van der Waals surface area (Å²) in [7, 11) is 0. The van der Waals surface area contributed by atoms with Crippen LogP contribution in [0.3, 0.4) is 0 Å². The Bertz CT molecular complexity index is 806. The van der Waals surface area contributed by atoms with E-state index in [-0.39, 0.29) is 24.4 Å². The zero-order valence-electron chi connectivity index (χ0n) is 20.0. The van der Waals surface area contributed by atoms with E-state index in [4.69, 9.17) is 4.74 Å². The minimum absolute atomic E-state index is 0.0428. The highest BCUT2D eigenvalue weighted by atomic mass is 16.5. The molecule has 0 saturated carbocycles. The lowest BCUT2D eigenvalue weighted by atomic mass is 9.86. The van der Waals surface area contributed by atoms with Crippen molar-refractivity contribution in [2.24, 2.45) is 5.92 Å². The second kappa shape index (κ2) is 12.0. The van der Waals surface area contributed by atoms with Crippen LogP contribution in [0.2, 0.25) is 0 Å². The van der Waals surface area contributed by atoms with Crippen LogP contribution >= 0.6 is 0 Å². The van der Waals surface area contributed by atoms with E-state index < -0.39 is 0 Å². The van der Waals surface area contributed by atoms with Gasteiger partial charge in [0.1, 0.15) is 5.75 Å². The highest BCUT2D eigenvalue weighted by Gasteiger charge is 2.23. The molecule has 2 aromatic rings. The first-order valence-corrected chi connectivity index (χ1v) is 11.5. The number of aliphatic hydroxyl groups excluding tert-OH is 1. The van der Waals surface area contributed by atoms with Gasteiger partial charge in [0.15, 0.2) is 0 Å². The summed E-state index contributed by atoms with van der Waals surface area (Å²) < 4.78 is 5.83. The van der Waals surface area contributed by atoms with Crippen LogP contribution in [0.1, 0.15) is 77.0 Å². The van der Waals surface area contributed by atoms with Gasteiger partial charge in [-0.05, 0) is 69.8 Å². The van der Waals surface area contributed by atoms with Crippen LogP contribution in [0.25, 0.3) is 0 Å². The van der Waals surface area contributed by atoms with Crippen LogP contribution < -0.4 is 4.74 Å². The molecule has 0 spiro atoms. The van der Waals surface area contributed by atoms with Gasteiger partial charge in [-0.2, -0.15) is 0 Å². The zero-order valence-corrected chi connectivity index (χ0v) is 20.0. The van der Waals surface area contributed by atoms with E-state index in [1.165, 1.54) is 5.56 Å². The largest absolute Gasteiger partial charge is 0.426 e. The van der Waals surface area contributed by atoms with Crippen molar-refractivity contribution >= 4 is 5.97 Å². The number of hydrogen-bond donors (Lipinski definition) is 1. The van der Waals surface area contributed by atoms with Gasteiger partial charge in [0, 0.05) is 30.0 Å². The van der Waals surface area contributed by atoms with E-state index in [1.807, 2.05) is 50.2 Å². The van der Waals surface area contributed by atoms with Crippen LogP contribution in [-0.2, 0) is 11.4 Å². The standard InChI is InChI=1S/C27H39NO3/c1-19(2)16-27(30)31-26-13-12-22(18-29)17-25(26)24(23-10-8-7-9-11-23)14-15-28(20(3)4)21(5)6/h7-13,17,19-21,24,29H,14-16,18H2,1-6H3/t24-/m1/s1. The third-order valence-corrected chi connectivity index (χ3v) is 5.64. The number of carbonyl (C=O) groups excluding carboxylic acids is 1. The normalized spacial score (nSPS) is 12.7. The molecule has 4 heteroatoms. The molecule has 0 aliphatic rings. The molecule has 0 amide bonds. The monoisotopic (exact) mass is 425 g/mol. The maximum absolute atomic E-state index is 12.5. The molecule has 0 heterocycles. The molecule has 170 valence electrons. The number of ether oxygens (including phenoxy) is 1. The fraction of sp³-hybridized carbons (Fsp3) is 0.519. The van der Waals surface area contributed by atoms with E-state index >= 15 is 0 Å². The van der Waals surface area contributed by atoms with Gasteiger partial charge in [-0.1, -0.05) is 50.2 Å². The SMILES string of the molecule is CC(C)CC(=O)Oc1ccc(CO)cc1[C@H](CCN(C(C)C)C(C)C)c1ccccc1. The predicted molar refractivity (Wildman–Crippen MR) is 127 cm³/mol. The Hall–Kier alpha value is -2.17. The molecule has 31 heavy (non-hydrogen) atoms. The van der Waals surface area contributed by atoms with E-state index in [2.05, 4.69) is 44.7 Å². The van der Waals surface area contributed by atoms with Crippen LogP contribution in [0, 0.1) is 5.92 Å². The molecule has 0 unspecified atom stereocenters. The minimum atomic E-state index is -0.217. The van der Waals surface area contributed by atoms with E-state index in [9.17, 15) is 9.90 Å². The van der Waals surface area contributed by atoms with Crippen molar-refractivity contribution in [2.45, 2.75) is 79.0 Å². The third-order valence-electron chi connectivity index (χ3n) is 5.64. The van der Waals surface area contributed by atoms with E-state index in [1.54, 1.807) is 0 Å². The average Bonchev–Trinajstić information content (AvgIpc) is 2.71. The Morgan fingerprint density at radius 2 is 1.61 bits per heavy atom. The Kier molecular flexibility index (Phi) is 9.73. The lowest BCUT2D eigenvalue weighted by molar-refractivity contribution is -0.135. The lowest BCUT2D eigenvalue weighted by Crippen LogP contribution is -2.38. The highest BCUT2D eigenvalue weighted by Crippen LogP contribution is 2.36. The second-order valence-electron chi connectivity index (χ2n) is 9.28. The fourth-order valence-corrected chi connectivity index (χ4v) is 4.14. The molecular formula is C27H39NO3. The molecule has 0 aliphatic carbocycles. The molecule has 2 aromatic carbocycles. The van der Waals surface area contributed by atoms with Crippen LogP contribution in [0.4, 0.5) is 0 Å². The Morgan fingerprint density at radius 1 is 0.968 bits per heavy atom. The number of benzene rings is 2. The number of rotatable bonds is 11. The van der Waals surface area contributed by atoms with Gasteiger partial charge >= 0.3 is 5.97 Å². The Balaban J connectivity index is 2.45. The molecule has 4 nitrogen and oxygen atoms in total. The number of nitrogens with zero attached hydrogens (tertiary/aromatic N) is 1. The molecule has 0 radical (unpaired) electrons. The summed E-state index contributed by atoms with van der Waals surface area (Å²) in [6.07, 6.45) is 1.27. The van der Waals surface area contributed by atoms with Crippen molar-refractivity contribution in [3.63, 3.8) is 0 Å². The van der Waals surface area contributed by atoms with Crippen molar-refractivity contribution in [3.8, 4) is 5.75 Å². The first kappa shape index (κ1) is 25.1. The number of aliphatic hydroxyl groups is 1. The first-order chi connectivity index (χ1) is 14.7. The van der Waals surface area contributed by atoms with Gasteiger partial charge in [0.05, 0.1) is 6.61 Å². The smallest absolute Gasteiger partial charge is 0.311 e. The topological polar surface area (TPSA) is 49.8 Å². The summed E-state index contributed by atoms with van der Waals surface area (Å²) in [5.74, 6) is 0.681. The fourth-order valence-electron chi connectivity index (χ4n) is 4.14. The van der Waals surface area contributed by atoms with Crippen molar-refractivity contribution in [2.75, 3.05) is 6.54 Å². The van der Waals surface area contributed by atoms with Gasteiger partial charge in [-0.3, -0.25) is 9.69 Å². The van der Waals surface area contributed by atoms with Crippen molar-refractivity contribution in [3.05, 3.63) is 65.2 Å². The maximum atomic E-state index is 12.5. The Labute approximate surface area is 188 Å². The molecule has 0 aliphatic heterocycles. The van der Waals surface area contributed by atoms with Crippen molar-refractivity contribution < 1.29 is 14.6 Å². The molecule has 0 fully saturated rings. The van der Waals surface area contributed by atoms with Gasteiger partial charge in [-0.15, -0.1) is 0 Å². The summed E-state index contributed by atoms with van der Waals surface area (Å²) in [5.41, 5.74) is 2.97. The summed E-state index contributed by atoms with van der Waals surface area (Å²) in [4.78, 5) is 14.9. The van der Waals surface area contributed by atoms with E-state index in [0.717, 1.165) is 24.1 Å². The third kappa shape index (κ3) is 7.48. The maximum Gasteiger partial charge on any atom is 0.311 e. The molecule has 0 aromatic heterocycles. The van der Waals surface area contributed by atoms with Gasteiger partial charge in [0.2, 0.25) is 0 Å². The van der Waals surface area contributed by atoms with Crippen molar-refractivity contribution in [1.29, 1.82) is 0 Å². The molecule has 0 saturated heterocycles. The number of carbonyl (C=O) groups is 1. The minimum Gasteiger partial charge on any atom is -0.426 e. The number of hydrogen-bond acceptors (Lipinski definition) is 4. The first-order valence-electron chi connectivity index (χ1n) is 11.5. The quantitative estimate of drug-likeness (QED) is 0.367. The second-order valence-corrected chi connectivity index (χ2v) is 9.28. The summed E-state index contributed by atoms with van der Waals surface area (Å²) in [6, 6.07) is 16.9. The van der Waals surface area contributed by atoms with Gasteiger partial charge < -0.3 is 9.84 Å².